The fourth-order valence-electron chi connectivity index (χ4n) is 2.86. The zero-order valence-electron chi connectivity index (χ0n) is 16.8. The third-order valence-corrected chi connectivity index (χ3v) is 4.27. The van der Waals surface area contributed by atoms with Gasteiger partial charge in [-0.2, -0.15) is 9.78 Å². The first-order chi connectivity index (χ1) is 15.6. The van der Waals surface area contributed by atoms with Crippen molar-refractivity contribution in [2.45, 2.75) is 6.92 Å². The van der Waals surface area contributed by atoms with Crippen molar-refractivity contribution in [2.75, 3.05) is 12.3 Å². The zero-order valence-corrected chi connectivity index (χ0v) is 16.8. The van der Waals surface area contributed by atoms with Gasteiger partial charge in [-0.1, -0.05) is 17.3 Å². The second-order valence-corrected chi connectivity index (χ2v) is 6.42. The van der Waals surface area contributed by atoms with Crippen LogP contribution in [0.25, 0.3) is 17.1 Å². The minimum absolute atomic E-state index is 0.0191. The molecule has 162 valence electrons. The molecule has 0 fully saturated rings. The molecule has 32 heavy (non-hydrogen) atoms. The Hall–Kier alpha value is -4.74. The van der Waals surface area contributed by atoms with Gasteiger partial charge in [0.25, 0.3) is 5.91 Å². The SMILES string of the molecule is CCOc1cccc(-c2c(C(=O)N/N=C/c3ccc(O)cc3)nnn2-c2nonc2N)c1. The van der Waals surface area contributed by atoms with E-state index in [1.54, 1.807) is 36.4 Å². The number of hydrogen-bond donors (Lipinski definition) is 3. The van der Waals surface area contributed by atoms with Gasteiger partial charge in [-0.25, -0.2) is 10.1 Å². The monoisotopic (exact) mass is 434 g/mol. The summed E-state index contributed by atoms with van der Waals surface area (Å²) in [6.07, 6.45) is 1.43. The van der Waals surface area contributed by atoms with Crippen LogP contribution in [-0.2, 0) is 0 Å². The number of phenolic OH excluding ortho intramolecular Hbond substituents is 1. The number of hydrogen-bond acceptors (Lipinski definition) is 10. The number of nitrogen functional groups attached to an aromatic ring is 1. The summed E-state index contributed by atoms with van der Waals surface area (Å²) in [5, 5.41) is 28.6. The molecule has 0 saturated heterocycles. The van der Waals surface area contributed by atoms with Crippen molar-refractivity contribution < 1.29 is 19.3 Å². The minimum Gasteiger partial charge on any atom is -0.508 e. The molecule has 0 unspecified atom stereocenters. The summed E-state index contributed by atoms with van der Waals surface area (Å²) in [7, 11) is 0. The number of rotatable bonds is 7. The minimum atomic E-state index is -0.613. The summed E-state index contributed by atoms with van der Waals surface area (Å²) in [5.74, 6) is 0.178. The van der Waals surface area contributed by atoms with Crippen molar-refractivity contribution in [3.63, 3.8) is 0 Å². The van der Waals surface area contributed by atoms with Crippen LogP contribution in [0.3, 0.4) is 0 Å². The molecule has 0 bridgehead atoms. The van der Waals surface area contributed by atoms with Crippen molar-refractivity contribution in [1.82, 2.24) is 30.7 Å². The first kappa shape index (κ1) is 20.5. The summed E-state index contributed by atoms with van der Waals surface area (Å²) < 4.78 is 11.5. The number of aromatic hydroxyl groups is 1. The summed E-state index contributed by atoms with van der Waals surface area (Å²) >= 11 is 0. The predicted octanol–water partition coefficient (Wildman–Crippen LogP) is 1.77. The van der Waals surface area contributed by atoms with Crippen LogP contribution in [0.4, 0.5) is 5.82 Å². The number of nitrogens with two attached hydrogens (primary N) is 1. The number of benzene rings is 2. The number of carbonyl (C=O) groups is 1. The fourth-order valence-corrected chi connectivity index (χ4v) is 2.86. The maximum atomic E-state index is 12.9. The first-order valence-corrected chi connectivity index (χ1v) is 9.46. The molecule has 12 nitrogen and oxygen atoms in total. The molecule has 0 atom stereocenters. The second-order valence-electron chi connectivity index (χ2n) is 6.42. The molecule has 2 aromatic heterocycles. The molecular weight excluding hydrogens is 416 g/mol. The maximum absolute atomic E-state index is 12.9. The van der Waals surface area contributed by atoms with Crippen molar-refractivity contribution in [3.8, 4) is 28.6 Å². The van der Waals surface area contributed by atoms with E-state index in [2.05, 4.69) is 35.8 Å². The van der Waals surface area contributed by atoms with Crippen LogP contribution in [0, 0.1) is 0 Å². The molecular formula is C20H18N8O4. The van der Waals surface area contributed by atoms with E-state index in [9.17, 15) is 9.90 Å². The van der Waals surface area contributed by atoms with Gasteiger partial charge in [-0.15, -0.1) is 5.10 Å². The van der Waals surface area contributed by atoms with Gasteiger partial charge < -0.3 is 15.6 Å². The van der Waals surface area contributed by atoms with Gasteiger partial charge in [0.1, 0.15) is 17.2 Å². The molecule has 0 aliphatic heterocycles. The van der Waals surface area contributed by atoms with Crippen LogP contribution in [0.1, 0.15) is 23.0 Å². The summed E-state index contributed by atoms with van der Waals surface area (Å²) in [6.45, 7) is 2.34. The molecule has 4 rings (SSSR count). The smallest absolute Gasteiger partial charge is 0.294 e. The Kier molecular flexibility index (Phi) is 5.74. The molecule has 0 spiro atoms. The zero-order chi connectivity index (χ0) is 22.5. The van der Waals surface area contributed by atoms with Gasteiger partial charge in [0, 0.05) is 5.56 Å². The third-order valence-electron chi connectivity index (χ3n) is 4.27. The van der Waals surface area contributed by atoms with E-state index in [1.807, 2.05) is 6.92 Å². The number of ether oxygens (including phenoxy) is 1. The number of amides is 1. The van der Waals surface area contributed by atoms with Gasteiger partial charge in [-0.05, 0) is 59.2 Å². The molecule has 4 aromatic rings. The average molecular weight is 434 g/mol. The second kappa shape index (κ2) is 8.95. The van der Waals surface area contributed by atoms with Gasteiger partial charge >= 0.3 is 0 Å². The van der Waals surface area contributed by atoms with E-state index in [0.29, 0.717) is 29.2 Å². The van der Waals surface area contributed by atoms with E-state index in [4.69, 9.17) is 10.5 Å². The van der Waals surface area contributed by atoms with E-state index >= 15 is 0 Å². The summed E-state index contributed by atoms with van der Waals surface area (Å²) in [4.78, 5) is 12.9. The standard InChI is InChI=1S/C20H18N8O4/c1-2-31-15-5-3-4-13(10-15)17-16(23-27-28(17)19-18(21)25-32-26-19)20(30)24-22-11-12-6-8-14(29)9-7-12/h3-11,29H,2H2,1H3,(H2,21,25)(H,24,30)/b22-11+. The molecule has 0 radical (unpaired) electrons. The number of anilines is 1. The first-order valence-electron chi connectivity index (χ1n) is 9.46. The molecule has 12 heteroatoms. The largest absolute Gasteiger partial charge is 0.508 e. The lowest BCUT2D eigenvalue weighted by Gasteiger charge is -2.08. The molecule has 4 N–H and O–H groups in total. The van der Waals surface area contributed by atoms with Crippen LogP contribution in [-0.4, -0.2) is 49.1 Å². The Labute approximate surface area is 181 Å². The Morgan fingerprint density at radius 3 is 2.81 bits per heavy atom. The molecule has 2 heterocycles. The van der Waals surface area contributed by atoms with Crippen molar-refractivity contribution in [2.24, 2.45) is 5.10 Å². The van der Waals surface area contributed by atoms with Crippen molar-refractivity contribution in [3.05, 3.63) is 59.8 Å². The Balaban J connectivity index is 1.69. The molecule has 0 aliphatic rings. The highest BCUT2D eigenvalue weighted by atomic mass is 16.6. The number of hydrazone groups is 1. The van der Waals surface area contributed by atoms with Crippen LogP contribution in [0.15, 0.2) is 58.3 Å². The quantitative estimate of drug-likeness (QED) is 0.290. The van der Waals surface area contributed by atoms with E-state index in [0.717, 1.165) is 0 Å². The fraction of sp³-hybridized carbons (Fsp3) is 0.100. The van der Waals surface area contributed by atoms with Gasteiger partial charge in [0.2, 0.25) is 11.6 Å². The summed E-state index contributed by atoms with van der Waals surface area (Å²) in [5.41, 5.74) is 9.76. The number of carbonyl (C=O) groups excluding carboxylic acids is 1. The lowest BCUT2D eigenvalue weighted by atomic mass is 10.1. The maximum Gasteiger partial charge on any atom is 0.294 e. The summed E-state index contributed by atoms with van der Waals surface area (Å²) in [6, 6.07) is 13.4. The number of aromatic nitrogens is 5. The highest BCUT2D eigenvalue weighted by molar-refractivity contribution is 5.99. The van der Waals surface area contributed by atoms with Crippen molar-refractivity contribution >= 4 is 17.9 Å². The molecule has 0 aliphatic carbocycles. The van der Waals surface area contributed by atoms with Gasteiger partial charge in [0.05, 0.1) is 12.8 Å². The Bertz CT molecular complexity index is 1260. The van der Waals surface area contributed by atoms with Gasteiger partial charge in [0.15, 0.2) is 5.69 Å². The lowest BCUT2D eigenvalue weighted by molar-refractivity contribution is 0.0950. The Morgan fingerprint density at radius 2 is 2.09 bits per heavy atom. The molecule has 2 aromatic carbocycles. The van der Waals surface area contributed by atoms with Crippen LogP contribution in [0.2, 0.25) is 0 Å². The molecule has 0 saturated carbocycles. The Morgan fingerprint density at radius 1 is 1.28 bits per heavy atom. The van der Waals surface area contributed by atoms with E-state index in [1.165, 1.54) is 23.0 Å². The van der Waals surface area contributed by atoms with Crippen LogP contribution >= 0.6 is 0 Å². The van der Waals surface area contributed by atoms with Crippen LogP contribution in [0.5, 0.6) is 11.5 Å². The highest BCUT2D eigenvalue weighted by Crippen LogP contribution is 2.29. The molecule has 1 amide bonds. The van der Waals surface area contributed by atoms with E-state index < -0.39 is 5.91 Å². The number of nitrogens with zero attached hydrogens (tertiary/aromatic N) is 6. The van der Waals surface area contributed by atoms with E-state index in [-0.39, 0.29) is 23.1 Å². The number of nitrogens with one attached hydrogen (secondary N) is 1. The average Bonchev–Trinajstić information content (AvgIpc) is 3.41. The van der Waals surface area contributed by atoms with Crippen LogP contribution < -0.4 is 15.9 Å². The topological polar surface area (TPSA) is 167 Å². The number of phenols is 1. The predicted molar refractivity (Wildman–Crippen MR) is 113 cm³/mol. The van der Waals surface area contributed by atoms with Crippen molar-refractivity contribution in [1.29, 1.82) is 0 Å². The van der Waals surface area contributed by atoms with Gasteiger partial charge in [-0.3, -0.25) is 4.79 Å². The highest BCUT2D eigenvalue weighted by Gasteiger charge is 2.25. The lowest BCUT2D eigenvalue weighted by Crippen LogP contribution is -2.19. The normalized spacial score (nSPS) is 11.0. The third kappa shape index (κ3) is 4.23.